The lowest BCUT2D eigenvalue weighted by Crippen LogP contribution is -2.51. The summed E-state index contributed by atoms with van der Waals surface area (Å²) in [6.45, 7) is 7.11. The summed E-state index contributed by atoms with van der Waals surface area (Å²) >= 11 is 0. The third-order valence-corrected chi connectivity index (χ3v) is 5.18. The van der Waals surface area contributed by atoms with Gasteiger partial charge in [0, 0.05) is 29.9 Å². The average molecular weight is 330 g/mol. The van der Waals surface area contributed by atoms with Gasteiger partial charge in [-0.3, -0.25) is 9.69 Å². The number of hydrogen-bond donors (Lipinski definition) is 1. The van der Waals surface area contributed by atoms with Gasteiger partial charge in [-0.25, -0.2) is 4.79 Å². The maximum absolute atomic E-state index is 11.7. The smallest absolute Gasteiger partial charge is 0.324 e. The number of urea groups is 1. The number of nitrogens with zero attached hydrogens (tertiary/aromatic N) is 1. The first kappa shape index (κ1) is 15.3. The molecule has 3 amide bonds. The van der Waals surface area contributed by atoms with Crippen LogP contribution in [0.4, 0.5) is 4.79 Å². The van der Waals surface area contributed by atoms with E-state index in [0.29, 0.717) is 19.4 Å². The Balaban J connectivity index is 1.48. The van der Waals surface area contributed by atoms with Crippen LogP contribution in [0.15, 0.2) is 12.1 Å². The standard InChI is InChI=1S/C18H22N2O4/c1-10-4-5-13(15-16(10)23-9-18(15,2)3)24-12-6-11(7-12)20-14(21)8-19-17(20)22/h4-5,11-12H,6-9H2,1-3H3,(H,19,22). The predicted molar refractivity (Wildman–Crippen MR) is 87.4 cm³/mol. The van der Waals surface area contributed by atoms with Crippen molar-refractivity contribution in [1.82, 2.24) is 10.2 Å². The molecule has 128 valence electrons. The fourth-order valence-electron chi connectivity index (χ4n) is 3.75. The molecule has 0 unspecified atom stereocenters. The van der Waals surface area contributed by atoms with Crippen molar-refractivity contribution in [1.29, 1.82) is 0 Å². The van der Waals surface area contributed by atoms with E-state index in [1.807, 2.05) is 19.1 Å². The highest BCUT2D eigenvalue weighted by atomic mass is 16.5. The van der Waals surface area contributed by atoms with Gasteiger partial charge in [0.1, 0.15) is 17.6 Å². The molecular formula is C18H22N2O4. The van der Waals surface area contributed by atoms with Crippen molar-refractivity contribution >= 4 is 11.9 Å². The molecule has 1 saturated carbocycles. The molecule has 1 aliphatic carbocycles. The summed E-state index contributed by atoms with van der Waals surface area (Å²) in [6, 6.07) is 3.69. The summed E-state index contributed by atoms with van der Waals surface area (Å²) in [5, 5.41) is 2.56. The molecule has 0 bridgehead atoms. The van der Waals surface area contributed by atoms with Gasteiger partial charge >= 0.3 is 6.03 Å². The van der Waals surface area contributed by atoms with E-state index in [-0.39, 0.29) is 36.0 Å². The Kier molecular flexibility index (Phi) is 3.27. The maximum Gasteiger partial charge on any atom is 0.324 e. The topological polar surface area (TPSA) is 67.9 Å². The summed E-state index contributed by atoms with van der Waals surface area (Å²) in [4.78, 5) is 24.8. The van der Waals surface area contributed by atoms with Crippen molar-refractivity contribution in [2.24, 2.45) is 0 Å². The minimum absolute atomic E-state index is 0.0272. The Labute approximate surface area is 141 Å². The number of amides is 3. The highest BCUT2D eigenvalue weighted by Crippen LogP contribution is 2.47. The van der Waals surface area contributed by atoms with Crippen molar-refractivity contribution in [2.75, 3.05) is 13.2 Å². The van der Waals surface area contributed by atoms with Gasteiger partial charge in [-0.1, -0.05) is 19.9 Å². The van der Waals surface area contributed by atoms with Gasteiger partial charge in [0.2, 0.25) is 5.91 Å². The van der Waals surface area contributed by atoms with Crippen LogP contribution in [0.1, 0.15) is 37.8 Å². The summed E-state index contributed by atoms with van der Waals surface area (Å²) in [6.07, 6.45) is 1.39. The zero-order chi connectivity index (χ0) is 17.1. The molecule has 1 saturated heterocycles. The van der Waals surface area contributed by atoms with E-state index in [2.05, 4.69) is 19.2 Å². The SMILES string of the molecule is Cc1ccc(OC2CC(N3C(=O)CNC3=O)C2)c2c1OCC2(C)C. The van der Waals surface area contributed by atoms with Crippen LogP contribution in [0.2, 0.25) is 0 Å². The van der Waals surface area contributed by atoms with Crippen LogP contribution in [0.5, 0.6) is 11.5 Å². The van der Waals surface area contributed by atoms with Gasteiger partial charge in [0.05, 0.1) is 13.2 Å². The van der Waals surface area contributed by atoms with Gasteiger partial charge in [-0.05, 0) is 18.6 Å². The molecule has 1 aromatic rings. The van der Waals surface area contributed by atoms with Gasteiger partial charge in [0.25, 0.3) is 0 Å². The molecule has 1 N–H and O–H groups in total. The second-order valence-corrected chi connectivity index (χ2v) is 7.54. The van der Waals surface area contributed by atoms with Crippen LogP contribution < -0.4 is 14.8 Å². The van der Waals surface area contributed by atoms with E-state index in [1.165, 1.54) is 4.90 Å². The van der Waals surface area contributed by atoms with Crippen LogP contribution in [0.3, 0.4) is 0 Å². The van der Waals surface area contributed by atoms with Crippen molar-refractivity contribution in [2.45, 2.75) is 51.2 Å². The third kappa shape index (κ3) is 2.24. The molecule has 4 rings (SSSR count). The number of rotatable bonds is 3. The molecule has 1 aromatic carbocycles. The van der Waals surface area contributed by atoms with E-state index < -0.39 is 0 Å². The zero-order valence-electron chi connectivity index (χ0n) is 14.2. The van der Waals surface area contributed by atoms with Gasteiger partial charge < -0.3 is 14.8 Å². The molecule has 3 aliphatic rings. The molecule has 2 fully saturated rings. The molecule has 6 nitrogen and oxygen atoms in total. The number of carbonyl (C=O) groups excluding carboxylic acids is 2. The van der Waals surface area contributed by atoms with Gasteiger partial charge in [0.15, 0.2) is 0 Å². The largest absolute Gasteiger partial charge is 0.492 e. The minimum atomic E-state index is -0.283. The number of imide groups is 1. The first-order chi connectivity index (χ1) is 11.4. The summed E-state index contributed by atoms with van der Waals surface area (Å²) < 4.78 is 12.1. The quantitative estimate of drug-likeness (QED) is 0.862. The predicted octanol–water partition coefficient (Wildman–Crippen LogP) is 2.13. The van der Waals surface area contributed by atoms with E-state index in [9.17, 15) is 9.59 Å². The van der Waals surface area contributed by atoms with E-state index in [0.717, 1.165) is 22.6 Å². The first-order valence-corrected chi connectivity index (χ1v) is 8.40. The van der Waals surface area contributed by atoms with E-state index in [4.69, 9.17) is 9.47 Å². The molecule has 2 aliphatic heterocycles. The summed E-state index contributed by atoms with van der Waals surface area (Å²) in [5.74, 6) is 1.65. The van der Waals surface area contributed by atoms with Gasteiger partial charge in [-0.15, -0.1) is 0 Å². The minimum Gasteiger partial charge on any atom is -0.492 e. The number of carbonyl (C=O) groups is 2. The Morgan fingerprint density at radius 3 is 2.71 bits per heavy atom. The lowest BCUT2D eigenvalue weighted by atomic mass is 9.84. The first-order valence-electron chi connectivity index (χ1n) is 8.40. The number of benzene rings is 1. The molecule has 6 heteroatoms. The number of fused-ring (bicyclic) bond motifs is 1. The maximum atomic E-state index is 11.7. The molecule has 0 atom stereocenters. The zero-order valence-corrected chi connectivity index (χ0v) is 14.2. The highest BCUT2D eigenvalue weighted by molar-refractivity contribution is 6.02. The fourth-order valence-corrected chi connectivity index (χ4v) is 3.75. The Hall–Kier alpha value is -2.24. The van der Waals surface area contributed by atoms with E-state index >= 15 is 0 Å². The number of aryl methyl sites for hydroxylation is 1. The van der Waals surface area contributed by atoms with E-state index in [1.54, 1.807) is 0 Å². The highest BCUT2D eigenvalue weighted by Gasteiger charge is 2.44. The number of nitrogens with one attached hydrogen (secondary N) is 1. The van der Waals surface area contributed by atoms with Crippen LogP contribution in [0.25, 0.3) is 0 Å². The molecule has 0 radical (unpaired) electrons. The molecule has 0 aromatic heterocycles. The third-order valence-electron chi connectivity index (χ3n) is 5.18. The normalized spacial score (nSPS) is 27.4. The Morgan fingerprint density at radius 1 is 1.29 bits per heavy atom. The number of hydrogen-bond acceptors (Lipinski definition) is 4. The molecule has 24 heavy (non-hydrogen) atoms. The van der Waals surface area contributed by atoms with Crippen LogP contribution in [-0.4, -0.2) is 42.1 Å². The second kappa shape index (κ2) is 5.13. The summed E-state index contributed by atoms with van der Waals surface area (Å²) in [7, 11) is 0. The van der Waals surface area contributed by atoms with Gasteiger partial charge in [-0.2, -0.15) is 0 Å². The van der Waals surface area contributed by atoms with Crippen molar-refractivity contribution in [3.8, 4) is 11.5 Å². The van der Waals surface area contributed by atoms with Crippen LogP contribution >= 0.6 is 0 Å². The molecule has 0 spiro atoms. The summed E-state index contributed by atoms with van der Waals surface area (Å²) in [5.41, 5.74) is 2.17. The fraction of sp³-hybridized carbons (Fsp3) is 0.556. The molecular weight excluding hydrogens is 308 g/mol. The van der Waals surface area contributed by atoms with Crippen molar-refractivity contribution in [3.63, 3.8) is 0 Å². The number of ether oxygens (including phenoxy) is 2. The monoisotopic (exact) mass is 330 g/mol. The van der Waals surface area contributed by atoms with Crippen molar-refractivity contribution < 1.29 is 19.1 Å². The Bertz CT molecular complexity index is 706. The molecule has 2 heterocycles. The lowest BCUT2D eigenvalue weighted by Gasteiger charge is -2.39. The van der Waals surface area contributed by atoms with Crippen LogP contribution in [0, 0.1) is 6.92 Å². The van der Waals surface area contributed by atoms with Crippen molar-refractivity contribution in [3.05, 3.63) is 23.3 Å². The Morgan fingerprint density at radius 2 is 2.04 bits per heavy atom. The van der Waals surface area contributed by atoms with Crippen LogP contribution in [-0.2, 0) is 10.2 Å². The second-order valence-electron chi connectivity index (χ2n) is 7.54. The lowest BCUT2D eigenvalue weighted by molar-refractivity contribution is -0.129. The average Bonchev–Trinajstić information content (AvgIpc) is 2.98.